The maximum atomic E-state index is 11.9. The summed E-state index contributed by atoms with van der Waals surface area (Å²) >= 11 is 5.70. The Hall–Kier alpha value is -2.41. The van der Waals surface area contributed by atoms with E-state index in [0.717, 1.165) is 12.1 Å². The van der Waals surface area contributed by atoms with Crippen LogP contribution < -0.4 is 21.9 Å². The first kappa shape index (κ1) is 21.6. The van der Waals surface area contributed by atoms with Gasteiger partial charge < -0.3 is 16.2 Å². The van der Waals surface area contributed by atoms with Gasteiger partial charge in [-0.05, 0) is 18.6 Å². The second-order valence-corrected chi connectivity index (χ2v) is 6.97. The molecule has 0 bridgehead atoms. The topological polar surface area (TPSA) is 188 Å². The van der Waals surface area contributed by atoms with E-state index in [0.29, 0.717) is 0 Å². The zero-order valence-corrected chi connectivity index (χ0v) is 15.0. The minimum absolute atomic E-state index is 0.107. The SMILES string of the molecule is CC(=O)NNC(=O)[C@@H](N)CCC(=O)Nc1cc(Cl)cc(S(=O)(=O)O)c1O. The lowest BCUT2D eigenvalue weighted by Gasteiger charge is -2.13. The number of hydrogen-bond donors (Lipinski definition) is 6. The van der Waals surface area contributed by atoms with Crippen molar-refractivity contribution in [3.05, 3.63) is 17.2 Å². The third-order valence-corrected chi connectivity index (χ3v) is 4.06. The Labute approximate surface area is 153 Å². The molecule has 11 nitrogen and oxygen atoms in total. The number of nitrogens with two attached hydrogens (primary N) is 1. The number of benzene rings is 1. The van der Waals surface area contributed by atoms with Crippen LogP contribution in [0.25, 0.3) is 0 Å². The molecule has 144 valence electrons. The third kappa shape index (κ3) is 6.48. The molecular weight excluding hydrogens is 392 g/mol. The highest BCUT2D eigenvalue weighted by Crippen LogP contribution is 2.34. The molecule has 0 saturated carbocycles. The molecule has 0 aliphatic rings. The first-order valence-corrected chi connectivity index (χ1v) is 8.85. The van der Waals surface area contributed by atoms with Gasteiger partial charge in [0, 0.05) is 18.4 Å². The molecule has 0 saturated heterocycles. The van der Waals surface area contributed by atoms with E-state index >= 15 is 0 Å². The number of carbonyl (C=O) groups is 3. The lowest BCUT2D eigenvalue weighted by atomic mass is 10.1. The maximum Gasteiger partial charge on any atom is 0.298 e. The molecule has 1 rings (SSSR count). The fraction of sp³-hybridized carbons (Fsp3) is 0.308. The Bertz CT molecular complexity index is 828. The first-order valence-electron chi connectivity index (χ1n) is 7.03. The van der Waals surface area contributed by atoms with E-state index in [-0.39, 0.29) is 23.6 Å². The summed E-state index contributed by atoms with van der Waals surface area (Å²) in [5.41, 5.74) is 9.30. The standard InChI is InChI=1S/C13H17ClN4O7S/c1-6(19)17-18-13(22)8(15)2-3-11(20)16-9-4-7(14)5-10(12(9)21)26(23,24)25/h4-5,8,21H,2-3,15H2,1H3,(H,16,20)(H,17,19)(H,18,22)(H,23,24,25)/t8-/m0/s1. The highest BCUT2D eigenvalue weighted by Gasteiger charge is 2.21. The summed E-state index contributed by atoms with van der Waals surface area (Å²) in [5.74, 6) is -2.81. The molecule has 0 radical (unpaired) electrons. The molecule has 0 fully saturated rings. The predicted molar refractivity (Wildman–Crippen MR) is 90.7 cm³/mol. The van der Waals surface area contributed by atoms with Gasteiger partial charge in [-0.1, -0.05) is 11.6 Å². The fourth-order valence-corrected chi connectivity index (χ4v) is 2.65. The number of anilines is 1. The summed E-state index contributed by atoms with van der Waals surface area (Å²) in [6.07, 6.45) is -0.369. The molecule has 3 amide bonds. The highest BCUT2D eigenvalue weighted by molar-refractivity contribution is 7.86. The van der Waals surface area contributed by atoms with Gasteiger partial charge in [0.1, 0.15) is 4.90 Å². The molecule has 0 aliphatic carbocycles. The van der Waals surface area contributed by atoms with Crippen LogP contribution in [0.1, 0.15) is 19.8 Å². The number of rotatable bonds is 6. The van der Waals surface area contributed by atoms with Gasteiger partial charge in [-0.15, -0.1) is 0 Å². The summed E-state index contributed by atoms with van der Waals surface area (Å²) in [6.45, 7) is 1.18. The summed E-state index contributed by atoms with van der Waals surface area (Å²) in [6, 6.07) is 0.783. The van der Waals surface area contributed by atoms with Gasteiger partial charge in [-0.2, -0.15) is 8.42 Å². The second-order valence-electron chi connectivity index (χ2n) is 5.14. The quantitative estimate of drug-likeness (QED) is 0.206. The summed E-state index contributed by atoms with van der Waals surface area (Å²) in [5, 5.41) is 11.9. The van der Waals surface area contributed by atoms with Gasteiger partial charge >= 0.3 is 0 Å². The largest absolute Gasteiger partial charge is 0.504 e. The van der Waals surface area contributed by atoms with Crippen molar-refractivity contribution in [1.82, 2.24) is 10.9 Å². The van der Waals surface area contributed by atoms with Crippen LogP contribution in [-0.4, -0.2) is 41.8 Å². The van der Waals surface area contributed by atoms with Crippen molar-refractivity contribution in [2.75, 3.05) is 5.32 Å². The van der Waals surface area contributed by atoms with Crippen LogP contribution in [0.5, 0.6) is 5.75 Å². The van der Waals surface area contributed by atoms with E-state index in [1.165, 1.54) is 6.92 Å². The van der Waals surface area contributed by atoms with Crippen LogP contribution in [0.3, 0.4) is 0 Å². The van der Waals surface area contributed by atoms with Crippen LogP contribution in [0.2, 0.25) is 5.02 Å². The highest BCUT2D eigenvalue weighted by atomic mass is 35.5. The fourth-order valence-electron chi connectivity index (χ4n) is 1.74. The summed E-state index contributed by atoms with van der Waals surface area (Å²) in [7, 11) is -4.76. The van der Waals surface area contributed by atoms with Crippen molar-refractivity contribution in [3.63, 3.8) is 0 Å². The molecule has 1 aromatic rings. The second kappa shape index (κ2) is 8.80. The van der Waals surface area contributed by atoms with E-state index in [4.69, 9.17) is 21.9 Å². The summed E-state index contributed by atoms with van der Waals surface area (Å²) in [4.78, 5) is 33.2. The minimum atomic E-state index is -4.76. The normalized spacial score (nSPS) is 12.2. The minimum Gasteiger partial charge on any atom is -0.504 e. The first-order chi connectivity index (χ1) is 11.9. The van der Waals surface area contributed by atoms with Crippen LogP contribution in [0.15, 0.2) is 17.0 Å². The molecule has 7 N–H and O–H groups in total. The number of hydrogen-bond acceptors (Lipinski definition) is 7. The van der Waals surface area contributed by atoms with Crippen LogP contribution in [0, 0.1) is 0 Å². The average Bonchev–Trinajstić information content (AvgIpc) is 2.52. The van der Waals surface area contributed by atoms with Gasteiger partial charge in [0.2, 0.25) is 11.8 Å². The Kier molecular flexibility index (Phi) is 7.32. The van der Waals surface area contributed by atoms with E-state index < -0.39 is 44.5 Å². The van der Waals surface area contributed by atoms with E-state index in [1.54, 1.807) is 0 Å². The number of aromatic hydroxyl groups is 1. The Morgan fingerprint density at radius 1 is 1.27 bits per heavy atom. The van der Waals surface area contributed by atoms with Gasteiger partial charge in [0.05, 0.1) is 11.7 Å². The van der Waals surface area contributed by atoms with Crippen molar-refractivity contribution in [1.29, 1.82) is 0 Å². The number of phenolic OH excluding ortho intramolecular Hbond substituents is 1. The molecule has 0 aliphatic heterocycles. The Balaban J connectivity index is 2.73. The number of amides is 3. The van der Waals surface area contributed by atoms with Crippen molar-refractivity contribution >= 4 is 45.1 Å². The van der Waals surface area contributed by atoms with Gasteiger partial charge in [0.25, 0.3) is 16.0 Å². The number of halogens is 1. The molecule has 1 atom stereocenters. The Morgan fingerprint density at radius 3 is 2.42 bits per heavy atom. The van der Waals surface area contributed by atoms with E-state index in [1.807, 2.05) is 10.9 Å². The number of hydrazine groups is 1. The number of phenols is 1. The average molecular weight is 409 g/mol. The predicted octanol–water partition coefficient (Wildman–Crippen LogP) is -0.494. The molecule has 13 heteroatoms. The van der Waals surface area contributed by atoms with E-state index in [2.05, 4.69) is 5.32 Å². The summed E-state index contributed by atoms with van der Waals surface area (Å²) < 4.78 is 31.4. The molecule has 26 heavy (non-hydrogen) atoms. The van der Waals surface area contributed by atoms with E-state index in [9.17, 15) is 27.9 Å². The van der Waals surface area contributed by atoms with Crippen molar-refractivity contribution in [2.24, 2.45) is 5.73 Å². The van der Waals surface area contributed by atoms with Gasteiger partial charge in [0.15, 0.2) is 5.75 Å². The smallest absolute Gasteiger partial charge is 0.298 e. The zero-order valence-electron chi connectivity index (χ0n) is 13.4. The third-order valence-electron chi connectivity index (χ3n) is 2.97. The van der Waals surface area contributed by atoms with Crippen molar-refractivity contribution in [3.8, 4) is 5.75 Å². The molecule has 1 aromatic carbocycles. The zero-order chi connectivity index (χ0) is 20.1. The lowest BCUT2D eigenvalue weighted by Crippen LogP contribution is -2.48. The molecular formula is C13H17ClN4O7S. The van der Waals surface area contributed by atoms with Crippen molar-refractivity contribution < 1.29 is 32.5 Å². The monoisotopic (exact) mass is 408 g/mol. The molecule has 0 heterocycles. The number of carbonyl (C=O) groups excluding carboxylic acids is 3. The molecule has 0 unspecified atom stereocenters. The molecule has 0 aromatic heterocycles. The maximum absolute atomic E-state index is 11.9. The van der Waals surface area contributed by atoms with Crippen LogP contribution in [0.4, 0.5) is 5.69 Å². The number of nitrogens with one attached hydrogen (secondary N) is 3. The van der Waals surface area contributed by atoms with Gasteiger partial charge in [-0.3, -0.25) is 29.8 Å². The lowest BCUT2D eigenvalue weighted by molar-refractivity contribution is -0.128. The van der Waals surface area contributed by atoms with Crippen LogP contribution in [-0.2, 0) is 24.5 Å². The molecule has 0 spiro atoms. The Morgan fingerprint density at radius 2 is 1.88 bits per heavy atom. The van der Waals surface area contributed by atoms with Gasteiger partial charge in [-0.25, -0.2) is 0 Å². The van der Waals surface area contributed by atoms with Crippen molar-refractivity contribution in [2.45, 2.75) is 30.7 Å². The van der Waals surface area contributed by atoms with Crippen LogP contribution >= 0.6 is 11.6 Å².